The molecule has 0 saturated heterocycles. The van der Waals surface area contributed by atoms with E-state index in [4.69, 9.17) is 5.11 Å². The second-order valence-corrected chi connectivity index (χ2v) is 4.79. The van der Waals surface area contributed by atoms with Crippen molar-refractivity contribution in [2.24, 2.45) is 0 Å². The van der Waals surface area contributed by atoms with Gasteiger partial charge >= 0.3 is 5.97 Å². The Morgan fingerprint density at radius 1 is 1.14 bits per heavy atom. The first kappa shape index (κ1) is 14.7. The second kappa shape index (κ2) is 6.65. The highest BCUT2D eigenvalue weighted by molar-refractivity contribution is 5.87. The monoisotopic (exact) mass is 284 g/mol. The van der Waals surface area contributed by atoms with E-state index in [0.29, 0.717) is 13.0 Å². The van der Waals surface area contributed by atoms with Crippen LogP contribution in [0, 0.1) is 0 Å². The van der Waals surface area contributed by atoms with E-state index in [9.17, 15) is 9.59 Å². The third-order valence-electron chi connectivity index (χ3n) is 3.12. The molecule has 1 N–H and O–H groups in total. The Hall–Kier alpha value is -2.69. The number of hydrogen-bond donors (Lipinski definition) is 1. The molecule has 21 heavy (non-hydrogen) atoms. The van der Waals surface area contributed by atoms with Crippen LogP contribution in [0.5, 0.6) is 0 Å². The molecular formula is C16H16N2O3. The molecular weight excluding hydrogens is 268 g/mol. The van der Waals surface area contributed by atoms with Gasteiger partial charge in [-0.3, -0.25) is 9.78 Å². The van der Waals surface area contributed by atoms with Gasteiger partial charge in [-0.15, -0.1) is 0 Å². The Balaban J connectivity index is 1.95. The molecule has 0 atom stereocenters. The summed E-state index contributed by atoms with van der Waals surface area (Å²) in [5.41, 5.74) is 2.00. The number of aromatic nitrogens is 1. The van der Waals surface area contributed by atoms with Crippen molar-refractivity contribution in [2.45, 2.75) is 13.0 Å². The van der Waals surface area contributed by atoms with Gasteiger partial charge in [-0.2, -0.15) is 0 Å². The van der Waals surface area contributed by atoms with Crippen LogP contribution >= 0.6 is 0 Å². The average Bonchev–Trinajstić information content (AvgIpc) is 2.48. The minimum absolute atomic E-state index is 0.00897. The molecule has 5 heteroatoms. The molecule has 5 nitrogen and oxygen atoms in total. The van der Waals surface area contributed by atoms with E-state index in [-0.39, 0.29) is 11.5 Å². The minimum Gasteiger partial charge on any atom is -0.478 e. The highest BCUT2D eigenvalue weighted by Crippen LogP contribution is 2.08. The van der Waals surface area contributed by atoms with Crippen LogP contribution in [0.15, 0.2) is 48.8 Å². The number of likely N-dealkylation sites (N-methyl/N-ethyl adjacent to an activating group) is 1. The fourth-order valence-electron chi connectivity index (χ4n) is 1.93. The molecule has 0 fully saturated rings. The van der Waals surface area contributed by atoms with Crippen LogP contribution in [0.25, 0.3) is 0 Å². The number of benzene rings is 1. The van der Waals surface area contributed by atoms with Gasteiger partial charge in [0.25, 0.3) is 0 Å². The van der Waals surface area contributed by atoms with Gasteiger partial charge < -0.3 is 10.0 Å². The van der Waals surface area contributed by atoms with E-state index in [2.05, 4.69) is 4.98 Å². The number of pyridine rings is 1. The maximum Gasteiger partial charge on any atom is 0.335 e. The van der Waals surface area contributed by atoms with Crippen molar-refractivity contribution in [1.82, 2.24) is 9.88 Å². The van der Waals surface area contributed by atoms with Gasteiger partial charge in [0.2, 0.25) is 5.91 Å². The topological polar surface area (TPSA) is 70.5 Å². The van der Waals surface area contributed by atoms with Crippen LogP contribution in [-0.2, 0) is 17.8 Å². The number of hydrogen-bond acceptors (Lipinski definition) is 3. The van der Waals surface area contributed by atoms with E-state index < -0.39 is 5.97 Å². The van der Waals surface area contributed by atoms with Crippen molar-refractivity contribution < 1.29 is 14.7 Å². The van der Waals surface area contributed by atoms with Crippen LogP contribution in [-0.4, -0.2) is 33.9 Å². The largest absolute Gasteiger partial charge is 0.478 e. The number of carbonyl (C=O) groups is 2. The molecule has 0 aliphatic heterocycles. The summed E-state index contributed by atoms with van der Waals surface area (Å²) in [7, 11) is 1.73. The third-order valence-corrected chi connectivity index (χ3v) is 3.12. The molecule has 0 bridgehead atoms. The quantitative estimate of drug-likeness (QED) is 0.911. The molecule has 0 radical (unpaired) electrons. The first-order valence-corrected chi connectivity index (χ1v) is 6.51. The number of carboxylic acids is 1. The van der Waals surface area contributed by atoms with E-state index >= 15 is 0 Å². The molecule has 1 amide bonds. The van der Waals surface area contributed by atoms with Crippen molar-refractivity contribution in [3.05, 3.63) is 65.5 Å². The van der Waals surface area contributed by atoms with Crippen LogP contribution in [0.3, 0.4) is 0 Å². The average molecular weight is 284 g/mol. The zero-order chi connectivity index (χ0) is 15.2. The summed E-state index contributed by atoms with van der Waals surface area (Å²) >= 11 is 0. The molecule has 1 aromatic heterocycles. The van der Waals surface area contributed by atoms with Crippen molar-refractivity contribution in [3.63, 3.8) is 0 Å². The summed E-state index contributed by atoms with van der Waals surface area (Å²) in [4.78, 5) is 28.5. The number of carboxylic acid groups (broad SMARTS) is 1. The van der Waals surface area contributed by atoms with Crippen molar-refractivity contribution in [1.29, 1.82) is 0 Å². The first-order chi connectivity index (χ1) is 10.1. The molecule has 0 unspecified atom stereocenters. The fourth-order valence-corrected chi connectivity index (χ4v) is 1.93. The molecule has 2 aromatic rings. The molecule has 0 saturated carbocycles. The summed E-state index contributed by atoms with van der Waals surface area (Å²) in [6.07, 6.45) is 3.65. The predicted molar refractivity (Wildman–Crippen MR) is 77.8 cm³/mol. The number of aromatic carboxylic acids is 1. The Labute approximate surface area is 122 Å². The summed E-state index contributed by atoms with van der Waals surface area (Å²) in [6.45, 7) is 0.443. The molecule has 1 heterocycles. The fraction of sp³-hybridized carbons (Fsp3) is 0.188. The van der Waals surface area contributed by atoms with Gasteiger partial charge in [-0.1, -0.05) is 18.2 Å². The zero-order valence-electron chi connectivity index (χ0n) is 11.7. The highest BCUT2D eigenvalue weighted by Gasteiger charge is 2.10. The second-order valence-electron chi connectivity index (χ2n) is 4.79. The molecule has 108 valence electrons. The van der Waals surface area contributed by atoms with Crippen LogP contribution in [0.1, 0.15) is 21.5 Å². The van der Waals surface area contributed by atoms with Crippen LogP contribution in [0.4, 0.5) is 0 Å². The Bertz CT molecular complexity index is 624. The maximum atomic E-state index is 12.1. The van der Waals surface area contributed by atoms with Gasteiger partial charge in [0.05, 0.1) is 12.0 Å². The van der Waals surface area contributed by atoms with Gasteiger partial charge in [0.15, 0.2) is 0 Å². The van der Waals surface area contributed by atoms with Gasteiger partial charge in [0.1, 0.15) is 0 Å². The number of rotatable bonds is 5. The molecule has 2 rings (SSSR count). The Kier molecular flexibility index (Phi) is 4.66. The predicted octanol–water partition coefficient (Wildman–Crippen LogP) is 1.98. The van der Waals surface area contributed by atoms with Crippen molar-refractivity contribution in [3.8, 4) is 0 Å². The standard InChI is InChI=1S/C16H16N2O3/c1-18(15(19)9-13-3-2-8-17-10-13)11-12-4-6-14(7-5-12)16(20)21/h2-8,10H,9,11H2,1H3,(H,20,21). The lowest BCUT2D eigenvalue weighted by molar-refractivity contribution is -0.129. The zero-order valence-corrected chi connectivity index (χ0v) is 11.7. The lowest BCUT2D eigenvalue weighted by atomic mass is 10.1. The smallest absolute Gasteiger partial charge is 0.335 e. The number of nitrogens with zero attached hydrogens (tertiary/aromatic N) is 2. The van der Waals surface area contributed by atoms with Gasteiger partial charge in [0, 0.05) is 26.0 Å². The maximum absolute atomic E-state index is 12.1. The van der Waals surface area contributed by atoms with Crippen molar-refractivity contribution in [2.75, 3.05) is 7.05 Å². The van der Waals surface area contributed by atoms with Crippen LogP contribution < -0.4 is 0 Å². The van der Waals surface area contributed by atoms with Crippen LogP contribution in [0.2, 0.25) is 0 Å². The summed E-state index contributed by atoms with van der Waals surface area (Å²) in [6, 6.07) is 10.2. The first-order valence-electron chi connectivity index (χ1n) is 6.51. The van der Waals surface area contributed by atoms with E-state index in [0.717, 1.165) is 11.1 Å². The molecule has 0 aliphatic rings. The Morgan fingerprint density at radius 2 is 1.86 bits per heavy atom. The summed E-state index contributed by atoms with van der Waals surface area (Å²) < 4.78 is 0. The van der Waals surface area contributed by atoms with E-state index in [1.165, 1.54) is 12.1 Å². The third kappa shape index (κ3) is 4.14. The minimum atomic E-state index is -0.956. The van der Waals surface area contributed by atoms with Gasteiger partial charge in [-0.25, -0.2) is 4.79 Å². The van der Waals surface area contributed by atoms with Crippen molar-refractivity contribution >= 4 is 11.9 Å². The molecule has 0 spiro atoms. The SMILES string of the molecule is CN(Cc1ccc(C(=O)O)cc1)C(=O)Cc1cccnc1. The normalized spacial score (nSPS) is 10.1. The summed E-state index contributed by atoms with van der Waals surface area (Å²) in [5.74, 6) is -0.965. The number of amides is 1. The van der Waals surface area contributed by atoms with E-state index in [1.807, 2.05) is 6.07 Å². The molecule has 1 aromatic carbocycles. The van der Waals surface area contributed by atoms with Gasteiger partial charge in [-0.05, 0) is 29.3 Å². The lowest BCUT2D eigenvalue weighted by Gasteiger charge is -2.17. The Morgan fingerprint density at radius 3 is 2.43 bits per heavy atom. The molecule has 0 aliphatic carbocycles. The number of carbonyl (C=O) groups excluding carboxylic acids is 1. The lowest BCUT2D eigenvalue weighted by Crippen LogP contribution is -2.27. The summed E-state index contributed by atoms with van der Waals surface area (Å²) in [5, 5.41) is 8.84. The highest BCUT2D eigenvalue weighted by atomic mass is 16.4. The van der Waals surface area contributed by atoms with E-state index in [1.54, 1.807) is 42.5 Å².